The van der Waals surface area contributed by atoms with Crippen molar-refractivity contribution in [1.29, 1.82) is 0 Å². The zero-order chi connectivity index (χ0) is 8.93. The van der Waals surface area contributed by atoms with Gasteiger partial charge >= 0.3 is 0 Å². The second-order valence-corrected chi connectivity index (χ2v) is 2.55. The van der Waals surface area contributed by atoms with E-state index in [1.807, 2.05) is 36.4 Å². The molecule has 0 aliphatic carbocycles. The third-order valence-corrected chi connectivity index (χ3v) is 1.59. The molecule has 2 heterocycles. The highest BCUT2D eigenvalue weighted by Gasteiger charge is 1.92. The smallest absolute Gasteiger partial charge is 0.131 e. The first kappa shape index (κ1) is 10.7. The lowest BCUT2D eigenvalue weighted by Gasteiger charge is -2.02. The lowest BCUT2D eigenvalue weighted by molar-refractivity contribution is 1.25. The van der Waals surface area contributed by atoms with Crippen LogP contribution in [0.2, 0.25) is 0 Å². The Labute approximate surface area is 93.0 Å². The third kappa shape index (κ3) is 2.81. The molecule has 0 saturated heterocycles. The van der Waals surface area contributed by atoms with E-state index in [9.17, 15) is 0 Å². The molecule has 0 aliphatic heterocycles. The monoisotopic (exact) mass is 251 g/mol. The van der Waals surface area contributed by atoms with Gasteiger partial charge in [-0.25, -0.2) is 9.97 Å². The number of hydrogen-bond acceptors (Lipinski definition) is 3. The van der Waals surface area contributed by atoms with Crippen LogP contribution < -0.4 is 5.32 Å². The van der Waals surface area contributed by atoms with Crippen LogP contribution >= 0.6 is 17.0 Å². The van der Waals surface area contributed by atoms with Gasteiger partial charge in [0, 0.05) is 12.4 Å². The summed E-state index contributed by atoms with van der Waals surface area (Å²) in [7, 11) is 0. The molecular formula is C10H10BrN3. The summed E-state index contributed by atoms with van der Waals surface area (Å²) < 4.78 is 0. The highest BCUT2D eigenvalue weighted by molar-refractivity contribution is 8.93. The van der Waals surface area contributed by atoms with Gasteiger partial charge in [0.15, 0.2) is 0 Å². The summed E-state index contributed by atoms with van der Waals surface area (Å²) >= 11 is 0. The van der Waals surface area contributed by atoms with Crippen LogP contribution in [0.15, 0.2) is 48.8 Å². The number of hydrogen-bond donors (Lipinski definition) is 1. The number of nitrogens with zero attached hydrogens (tertiary/aromatic N) is 2. The molecule has 0 amide bonds. The van der Waals surface area contributed by atoms with Crippen molar-refractivity contribution in [3.63, 3.8) is 0 Å². The van der Waals surface area contributed by atoms with Crippen LogP contribution in [0.5, 0.6) is 0 Å². The molecule has 3 nitrogen and oxygen atoms in total. The number of anilines is 2. The number of pyridine rings is 2. The Morgan fingerprint density at radius 3 is 1.64 bits per heavy atom. The molecule has 0 saturated carbocycles. The van der Waals surface area contributed by atoms with Gasteiger partial charge in [0.25, 0.3) is 0 Å². The Morgan fingerprint density at radius 2 is 1.29 bits per heavy atom. The summed E-state index contributed by atoms with van der Waals surface area (Å²) in [4.78, 5) is 8.25. The zero-order valence-electron chi connectivity index (χ0n) is 7.42. The average Bonchev–Trinajstić information content (AvgIpc) is 2.21. The van der Waals surface area contributed by atoms with Crippen molar-refractivity contribution in [1.82, 2.24) is 9.97 Å². The Kier molecular flexibility index (Phi) is 4.07. The van der Waals surface area contributed by atoms with Crippen molar-refractivity contribution in [3.05, 3.63) is 48.8 Å². The number of halogens is 1. The summed E-state index contributed by atoms with van der Waals surface area (Å²) in [6.45, 7) is 0. The topological polar surface area (TPSA) is 37.8 Å². The maximum atomic E-state index is 4.12. The van der Waals surface area contributed by atoms with Gasteiger partial charge < -0.3 is 5.32 Å². The lowest BCUT2D eigenvalue weighted by atomic mass is 10.4. The minimum absolute atomic E-state index is 0. The van der Waals surface area contributed by atoms with E-state index in [4.69, 9.17) is 0 Å². The first-order chi connectivity index (χ1) is 6.45. The van der Waals surface area contributed by atoms with Crippen molar-refractivity contribution in [2.24, 2.45) is 0 Å². The highest BCUT2D eigenvalue weighted by Crippen LogP contribution is 2.08. The molecule has 14 heavy (non-hydrogen) atoms. The molecule has 2 aromatic heterocycles. The van der Waals surface area contributed by atoms with E-state index in [0.717, 1.165) is 11.6 Å². The van der Waals surface area contributed by atoms with Crippen LogP contribution in [-0.4, -0.2) is 9.97 Å². The van der Waals surface area contributed by atoms with Crippen molar-refractivity contribution < 1.29 is 0 Å². The van der Waals surface area contributed by atoms with Crippen LogP contribution in [0.3, 0.4) is 0 Å². The fourth-order valence-corrected chi connectivity index (χ4v) is 1.00. The van der Waals surface area contributed by atoms with Gasteiger partial charge in [-0.05, 0) is 24.3 Å². The predicted molar refractivity (Wildman–Crippen MR) is 62.1 cm³/mol. The molecule has 0 fully saturated rings. The highest BCUT2D eigenvalue weighted by atomic mass is 79.9. The van der Waals surface area contributed by atoms with Crippen LogP contribution in [0, 0.1) is 0 Å². The van der Waals surface area contributed by atoms with Crippen molar-refractivity contribution in [2.45, 2.75) is 0 Å². The summed E-state index contributed by atoms with van der Waals surface area (Å²) in [5, 5.41) is 3.08. The van der Waals surface area contributed by atoms with Crippen molar-refractivity contribution in [3.8, 4) is 0 Å². The van der Waals surface area contributed by atoms with E-state index >= 15 is 0 Å². The predicted octanol–water partition coefficient (Wildman–Crippen LogP) is 2.80. The Balaban J connectivity index is 0.000000980. The maximum absolute atomic E-state index is 4.12. The summed E-state index contributed by atoms with van der Waals surface area (Å²) in [6.07, 6.45) is 3.48. The number of nitrogens with one attached hydrogen (secondary N) is 1. The summed E-state index contributed by atoms with van der Waals surface area (Å²) in [5.74, 6) is 1.61. The van der Waals surface area contributed by atoms with Crippen LogP contribution in [0.4, 0.5) is 11.6 Å². The number of rotatable bonds is 2. The molecular weight excluding hydrogens is 242 g/mol. The van der Waals surface area contributed by atoms with Crippen LogP contribution in [0.1, 0.15) is 0 Å². The molecule has 0 spiro atoms. The van der Waals surface area contributed by atoms with E-state index in [0.29, 0.717) is 0 Å². The molecule has 0 radical (unpaired) electrons. The average molecular weight is 252 g/mol. The van der Waals surface area contributed by atoms with Gasteiger partial charge in [-0.3, -0.25) is 0 Å². The van der Waals surface area contributed by atoms with Crippen LogP contribution in [0.25, 0.3) is 0 Å². The molecule has 0 atom stereocenters. The summed E-state index contributed by atoms with van der Waals surface area (Å²) in [6, 6.07) is 11.4. The molecule has 2 rings (SSSR count). The quantitative estimate of drug-likeness (QED) is 0.892. The Bertz CT molecular complexity index is 326. The minimum atomic E-state index is 0. The lowest BCUT2D eigenvalue weighted by Crippen LogP contribution is -1.93. The van der Waals surface area contributed by atoms with Crippen molar-refractivity contribution >= 4 is 28.6 Å². The van der Waals surface area contributed by atoms with E-state index in [-0.39, 0.29) is 17.0 Å². The molecule has 0 aliphatic rings. The largest absolute Gasteiger partial charge is 0.325 e. The van der Waals surface area contributed by atoms with E-state index in [1.165, 1.54) is 0 Å². The van der Waals surface area contributed by atoms with Gasteiger partial charge in [-0.2, -0.15) is 0 Å². The van der Waals surface area contributed by atoms with Gasteiger partial charge in [0.05, 0.1) is 0 Å². The normalized spacial score (nSPS) is 8.86. The summed E-state index contributed by atoms with van der Waals surface area (Å²) in [5.41, 5.74) is 0. The fraction of sp³-hybridized carbons (Fsp3) is 0. The first-order valence-corrected chi connectivity index (χ1v) is 4.04. The standard InChI is InChI=1S/C10H9N3.BrH/c1-3-7-11-9(5-1)13-10-6-2-4-8-12-10;/h1-8H,(H,11,12,13);1H. The van der Waals surface area contributed by atoms with Gasteiger partial charge in [-0.15, -0.1) is 17.0 Å². The van der Waals surface area contributed by atoms with Gasteiger partial charge in [-0.1, -0.05) is 12.1 Å². The van der Waals surface area contributed by atoms with E-state index in [2.05, 4.69) is 15.3 Å². The molecule has 0 bridgehead atoms. The third-order valence-electron chi connectivity index (χ3n) is 1.59. The maximum Gasteiger partial charge on any atom is 0.131 e. The SMILES string of the molecule is Br.c1ccc(Nc2ccccn2)nc1. The molecule has 2 aromatic rings. The van der Waals surface area contributed by atoms with Gasteiger partial charge in [0.2, 0.25) is 0 Å². The van der Waals surface area contributed by atoms with E-state index in [1.54, 1.807) is 12.4 Å². The van der Waals surface area contributed by atoms with E-state index < -0.39 is 0 Å². The molecule has 4 heteroatoms. The van der Waals surface area contributed by atoms with Crippen molar-refractivity contribution in [2.75, 3.05) is 5.32 Å². The minimum Gasteiger partial charge on any atom is -0.325 e. The molecule has 0 unspecified atom stereocenters. The molecule has 0 aromatic carbocycles. The molecule has 1 N–H and O–H groups in total. The molecule has 72 valence electrons. The first-order valence-electron chi connectivity index (χ1n) is 4.04. The van der Waals surface area contributed by atoms with Crippen LogP contribution in [-0.2, 0) is 0 Å². The second kappa shape index (κ2) is 5.34. The zero-order valence-corrected chi connectivity index (χ0v) is 9.13. The Morgan fingerprint density at radius 1 is 0.786 bits per heavy atom. The Hall–Kier alpha value is -1.42. The van der Waals surface area contributed by atoms with Gasteiger partial charge in [0.1, 0.15) is 11.6 Å². The number of aromatic nitrogens is 2. The fourth-order valence-electron chi connectivity index (χ4n) is 1.00. The second-order valence-electron chi connectivity index (χ2n) is 2.55.